The predicted molar refractivity (Wildman–Crippen MR) is 78.5 cm³/mol. The van der Waals surface area contributed by atoms with Crippen LogP contribution < -0.4 is 0 Å². The summed E-state index contributed by atoms with van der Waals surface area (Å²) in [6.07, 6.45) is 5.47. The topological polar surface area (TPSA) is 46.0 Å². The van der Waals surface area contributed by atoms with Crippen molar-refractivity contribution in [2.75, 3.05) is 0 Å². The van der Waals surface area contributed by atoms with Crippen LogP contribution in [-0.4, -0.2) is 15.1 Å². The first-order valence-electron chi connectivity index (χ1n) is 7.29. The fourth-order valence-corrected chi connectivity index (χ4v) is 3.15. The number of aliphatic hydroxyl groups excluding tert-OH is 1. The van der Waals surface area contributed by atoms with E-state index in [0.717, 1.165) is 25.0 Å². The van der Waals surface area contributed by atoms with Crippen LogP contribution in [0.2, 0.25) is 0 Å². The average Bonchev–Trinajstić information content (AvgIpc) is 2.47. The van der Waals surface area contributed by atoms with Gasteiger partial charge in [-0.1, -0.05) is 24.3 Å². The van der Waals surface area contributed by atoms with E-state index < -0.39 is 6.10 Å². The summed E-state index contributed by atoms with van der Waals surface area (Å²) in [7, 11) is 0. The maximum Gasteiger partial charge on any atom is 0.125 e. The van der Waals surface area contributed by atoms with Crippen LogP contribution in [0, 0.1) is 6.92 Å². The van der Waals surface area contributed by atoms with Gasteiger partial charge in [0.2, 0.25) is 0 Å². The van der Waals surface area contributed by atoms with Crippen LogP contribution in [0.15, 0.2) is 36.5 Å². The van der Waals surface area contributed by atoms with Crippen molar-refractivity contribution < 1.29 is 5.11 Å². The van der Waals surface area contributed by atoms with Gasteiger partial charge in [0.25, 0.3) is 0 Å². The summed E-state index contributed by atoms with van der Waals surface area (Å²) >= 11 is 0. The second kappa shape index (κ2) is 5.71. The number of aryl methyl sites for hydroxylation is 2. The van der Waals surface area contributed by atoms with Crippen molar-refractivity contribution in [3.05, 3.63) is 59.2 Å². The molecule has 2 unspecified atom stereocenters. The summed E-state index contributed by atoms with van der Waals surface area (Å²) < 4.78 is 0. The van der Waals surface area contributed by atoms with Gasteiger partial charge in [-0.15, -0.1) is 0 Å². The van der Waals surface area contributed by atoms with Crippen LogP contribution in [-0.2, 0) is 6.42 Å². The Labute approximate surface area is 119 Å². The van der Waals surface area contributed by atoms with Crippen LogP contribution in [0.1, 0.15) is 53.9 Å². The second-order valence-electron chi connectivity index (χ2n) is 5.57. The Morgan fingerprint density at radius 2 is 2.15 bits per heavy atom. The quantitative estimate of drug-likeness (QED) is 0.928. The van der Waals surface area contributed by atoms with E-state index in [1.54, 1.807) is 6.20 Å². The minimum atomic E-state index is -0.507. The third kappa shape index (κ3) is 2.73. The normalized spacial score (nSPS) is 19.4. The van der Waals surface area contributed by atoms with Crippen LogP contribution in [0.25, 0.3) is 0 Å². The van der Waals surface area contributed by atoms with Gasteiger partial charge in [0.05, 0.1) is 11.8 Å². The molecule has 2 aromatic rings. The zero-order valence-electron chi connectivity index (χ0n) is 11.8. The monoisotopic (exact) mass is 268 g/mol. The summed E-state index contributed by atoms with van der Waals surface area (Å²) in [5.74, 6) is 1.15. The van der Waals surface area contributed by atoms with E-state index >= 15 is 0 Å². The third-order valence-corrected chi connectivity index (χ3v) is 4.14. The van der Waals surface area contributed by atoms with E-state index in [1.807, 2.05) is 13.0 Å². The van der Waals surface area contributed by atoms with E-state index in [4.69, 9.17) is 0 Å². The Morgan fingerprint density at radius 3 is 3.00 bits per heavy atom. The molecule has 1 aromatic heterocycles. The van der Waals surface area contributed by atoms with Gasteiger partial charge in [-0.3, -0.25) is 0 Å². The van der Waals surface area contributed by atoms with Gasteiger partial charge in [0.15, 0.2) is 0 Å². The molecule has 20 heavy (non-hydrogen) atoms. The molecule has 0 aliphatic heterocycles. The highest BCUT2D eigenvalue weighted by Crippen LogP contribution is 2.37. The number of hydrogen-bond donors (Lipinski definition) is 1. The lowest BCUT2D eigenvalue weighted by molar-refractivity contribution is 0.149. The summed E-state index contributed by atoms with van der Waals surface area (Å²) in [5.41, 5.74) is 3.58. The molecular formula is C17H20N2O. The fraction of sp³-hybridized carbons (Fsp3) is 0.412. The largest absolute Gasteiger partial charge is 0.387 e. The van der Waals surface area contributed by atoms with Gasteiger partial charge >= 0.3 is 0 Å². The molecule has 0 amide bonds. The molecule has 0 radical (unpaired) electrons. The number of hydrogen-bond acceptors (Lipinski definition) is 3. The molecule has 2 atom stereocenters. The molecule has 104 valence electrons. The van der Waals surface area contributed by atoms with Crippen molar-refractivity contribution >= 4 is 0 Å². The first-order valence-corrected chi connectivity index (χ1v) is 7.29. The third-order valence-electron chi connectivity index (χ3n) is 4.14. The van der Waals surface area contributed by atoms with Gasteiger partial charge < -0.3 is 5.11 Å². The fourth-order valence-electron chi connectivity index (χ4n) is 3.15. The maximum atomic E-state index is 10.4. The second-order valence-corrected chi connectivity index (χ2v) is 5.57. The van der Waals surface area contributed by atoms with Crippen molar-refractivity contribution in [1.82, 2.24) is 9.97 Å². The predicted octanol–water partition coefficient (Wildman–Crippen LogP) is 3.33. The summed E-state index contributed by atoms with van der Waals surface area (Å²) in [6.45, 7) is 1.85. The van der Waals surface area contributed by atoms with E-state index in [1.165, 1.54) is 17.5 Å². The minimum Gasteiger partial charge on any atom is -0.387 e. The Bertz CT molecular complexity index is 597. The molecule has 0 spiro atoms. The Hall–Kier alpha value is -1.74. The zero-order valence-corrected chi connectivity index (χ0v) is 11.8. The highest BCUT2D eigenvalue weighted by Gasteiger charge is 2.23. The van der Waals surface area contributed by atoms with Crippen molar-refractivity contribution in [3.63, 3.8) is 0 Å². The minimum absolute atomic E-state index is 0.435. The van der Waals surface area contributed by atoms with Gasteiger partial charge in [-0.05, 0) is 55.7 Å². The van der Waals surface area contributed by atoms with Crippen molar-refractivity contribution in [3.8, 4) is 0 Å². The van der Waals surface area contributed by atoms with Gasteiger partial charge in [0, 0.05) is 6.20 Å². The van der Waals surface area contributed by atoms with E-state index in [-0.39, 0.29) is 0 Å². The molecule has 1 aromatic carbocycles. The molecule has 1 N–H and O–H groups in total. The molecule has 0 saturated carbocycles. The van der Waals surface area contributed by atoms with Crippen molar-refractivity contribution in [2.24, 2.45) is 0 Å². The molecule has 0 fully saturated rings. The molecule has 1 heterocycles. The molecule has 1 aliphatic rings. The molecule has 3 rings (SSSR count). The van der Waals surface area contributed by atoms with Gasteiger partial charge in [-0.25, -0.2) is 9.97 Å². The van der Waals surface area contributed by atoms with Crippen LogP contribution in [0.5, 0.6) is 0 Å². The van der Waals surface area contributed by atoms with Crippen LogP contribution >= 0.6 is 0 Å². The summed E-state index contributed by atoms with van der Waals surface area (Å²) in [5, 5.41) is 10.4. The Morgan fingerprint density at radius 1 is 1.30 bits per heavy atom. The smallest absolute Gasteiger partial charge is 0.125 e. The highest BCUT2D eigenvalue weighted by atomic mass is 16.3. The lowest BCUT2D eigenvalue weighted by Gasteiger charge is -2.27. The van der Waals surface area contributed by atoms with E-state index in [2.05, 4.69) is 34.2 Å². The first kappa shape index (κ1) is 13.3. The molecule has 0 bridgehead atoms. The zero-order chi connectivity index (χ0) is 13.9. The number of benzene rings is 1. The standard InChI is InChI=1S/C17H20N2O/c1-12-18-10-9-16(19-12)17(20)11-14-7-4-6-13-5-2-3-8-15(13)14/h2-3,5,8-10,14,17,20H,4,6-7,11H2,1H3. The molecule has 3 nitrogen and oxygen atoms in total. The Balaban J connectivity index is 1.79. The number of aromatic nitrogens is 2. The van der Waals surface area contributed by atoms with Gasteiger partial charge in [0.1, 0.15) is 5.82 Å². The van der Waals surface area contributed by atoms with Crippen molar-refractivity contribution in [1.29, 1.82) is 0 Å². The molecule has 3 heteroatoms. The van der Waals surface area contributed by atoms with E-state index in [0.29, 0.717) is 11.7 Å². The lowest BCUT2D eigenvalue weighted by Crippen LogP contribution is -2.14. The van der Waals surface area contributed by atoms with Crippen LogP contribution in [0.4, 0.5) is 0 Å². The highest BCUT2D eigenvalue weighted by molar-refractivity contribution is 5.32. The number of nitrogens with zero attached hydrogens (tertiary/aromatic N) is 2. The van der Waals surface area contributed by atoms with E-state index in [9.17, 15) is 5.11 Å². The number of rotatable bonds is 3. The number of aliphatic hydroxyl groups is 1. The average molecular weight is 268 g/mol. The maximum absolute atomic E-state index is 10.4. The SMILES string of the molecule is Cc1nccc(C(O)CC2CCCc3ccccc32)n1. The molecular weight excluding hydrogens is 248 g/mol. The first-order chi connectivity index (χ1) is 9.74. The number of fused-ring (bicyclic) bond motifs is 1. The van der Waals surface area contributed by atoms with Gasteiger partial charge in [-0.2, -0.15) is 0 Å². The summed E-state index contributed by atoms with van der Waals surface area (Å²) in [6, 6.07) is 10.4. The lowest BCUT2D eigenvalue weighted by atomic mass is 9.79. The summed E-state index contributed by atoms with van der Waals surface area (Å²) in [4.78, 5) is 8.42. The van der Waals surface area contributed by atoms with Crippen molar-refractivity contribution in [2.45, 2.75) is 44.6 Å². The molecule has 0 saturated heterocycles. The Kier molecular flexibility index (Phi) is 3.79. The molecule has 1 aliphatic carbocycles. The van der Waals surface area contributed by atoms with Crippen LogP contribution in [0.3, 0.4) is 0 Å².